The van der Waals surface area contributed by atoms with E-state index in [1.165, 1.54) is 0 Å². The molecule has 2 aromatic rings. The normalized spacial score (nSPS) is 10.0. The number of hydrogen-bond acceptors (Lipinski definition) is 4. The number of rotatable bonds is 2. The summed E-state index contributed by atoms with van der Waals surface area (Å²) in [5, 5.41) is 0. The highest BCUT2D eigenvalue weighted by atomic mass is 16.6. The predicted octanol–water partition coefficient (Wildman–Crippen LogP) is 1.70. The number of hydrogen-bond donors (Lipinski definition) is 1. The third kappa shape index (κ3) is 2.11. The fourth-order valence-electron chi connectivity index (χ4n) is 1.22. The molecule has 0 spiro atoms. The van der Waals surface area contributed by atoms with E-state index >= 15 is 0 Å². The minimum absolute atomic E-state index is 0.617. The molecule has 0 aliphatic heterocycles. The molecule has 1 aromatic carbocycles. The van der Waals surface area contributed by atoms with Gasteiger partial charge in [-0.05, 0) is 36.8 Å². The largest absolute Gasteiger partial charge is 0.412 e. The average molecular weight is 201 g/mol. The smallest absolute Gasteiger partial charge is 0.159 e. The van der Waals surface area contributed by atoms with Crippen LogP contribution in [0.25, 0.3) is 11.4 Å². The van der Waals surface area contributed by atoms with Gasteiger partial charge in [0.25, 0.3) is 0 Å². The van der Waals surface area contributed by atoms with Crippen LogP contribution in [0, 0.1) is 6.92 Å². The molecule has 0 atom stereocenters. The van der Waals surface area contributed by atoms with E-state index in [0.717, 1.165) is 11.1 Å². The van der Waals surface area contributed by atoms with Crippen molar-refractivity contribution in [2.24, 2.45) is 5.90 Å². The standard InChI is InChI=1S/C11H11N3O/c1-8-6-13-11(14-7-8)9-2-4-10(15-12)5-3-9/h2-7H,12H2,1H3. The van der Waals surface area contributed by atoms with Gasteiger partial charge in [-0.15, -0.1) is 0 Å². The zero-order chi connectivity index (χ0) is 10.7. The third-order valence-corrected chi connectivity index (χ3v) is 2.03. The summed E-state index contributed by atoms with van der Waals surface area (Å²) < 4.78 is 0. The molecule has 0 aliphatic carbocycles. The highest BCUT2D eigenvalue weighted by Gasteiger charge is 2.00. The lowest BCUT2D eigenvalue weighted by molar-refractivity contribution is 0.334. The molecule has 1 heterocycles. The second-order valence-electron chi connectivity index (χ2n) is 3.23. The summed E-state index contributed by atoms with van der Waals surface area (Å²) in [5.74, 6) is 6.34. The molecule has 0 amide bonds. The van der Waals surface area contributed by atoms with Crippen LogP contribution in [0.4, 0.5) is 0 Å². The summed E-state index contributed by atoms with van der Waals surface area (Å²) in [4.78, 5) is 13.0. The van der Waals surface area contributed by atoms with Crippen LogP contribution in [0.5, 0.6) is 5.75 Å². The summed E-state index contributed by atoms with van der Waals surface area (Å²) in [5.41, 5.74) is 1.98. The van der Waals surface area contributed by atoms with Crippen LogP contribution in [0.3, 0.4) is 0 Å². The number of aromatic nitrogens is 2. The molecule has 0 radical (unpaired) electrons. The summed E-state index contributed by atoms with van der Waals surface area (Å²) in [6, 6.07) is 7.29. The van der Waals surface area contributed by atoms with E-state index in [1.807, 2.05) is 19.1 Å². The Hall–Kier alpha value is -1.94. The van der Waals surface area contributed by atoms with Crippen LogP contribution in [-0.4, -0.2) is 9.97 Å². The number of nitrogens with two attached hydrogens (primary N) is 1. The van der Waals surface area contributed by atoms with Crippen LogP contribution >= 0.6 is 0 Å². The molecule has 2 rings (SSSR count). The monoisotopic (exact) mass is 201 g/mol. The van der Waals surface area contributed by atoms with Crippen LogP contribution in [0.1, 0.15) is 5.56 Å². The second kappa shape index (κ2) is 4.06. The molecule has 0 saturated carbocycles. The SMILES string of the molecule is Cc1cnc(-c2ccc(ON)cc2)nc1. The van der Waals surface area contributed by atoms with E-state index in [-0.39, 0.29) is 0 Å². The van der Waals surface area contributed by atoms with Crippen molar-refractivity contribution in [1.29, 1.82) is 0 Å². The zero-order valence-electron chi connectivity index (χ0n) is 8.34. The summed E-state index contributed by atoms with van der Waals surface area (Å²) in [7, 11) is 0. The Morgan fingerprint density at radius 1 is 1.07 bits per heavy atom. The van der Waals surface area contributed by atoms with Crippen LogP contribution in [0.15, 0.2) is 36.7 Å². The lowest BCUT2D eigenvalue weighted by atomic mass is 10.2. The Balaban J connectivity index is 2.33. The van der Waals surface area contributed by atoms with Crippen molar-refractivity contribution in [3.8, 4) is 17.1 Å². The van der Waals surface area contributed by atoms with Crippen molar-refractivity contribution in [3.05, 3.63) is 42.2 Å². The molecular formula is C11H11N3O. The van der Waals surface area contributed by atoms with Gasteiger partial charge in [-0.25, -0.2) is 9.97 Å². The maximum atomic E-state index is 5.03. The summed E-state index contributed by atoms with van der Waals surface area (Å²) in [6.45, 7) is 1.95. The van der Waals surface area contributed by atoms with Gasteiger partial charge >= 0.3 is 0 Å². The second-order valence-corrected chi connectivity index (χ2v) is 3.23. The predicted molar refractivity (Wildman–Crippen MR) is 57.0 cm³/mol. The van der Waals surface area contributed by atoms with Gasteiger partial charge in [0.05, 0.1) is 0 Å². The molecule has 4 heteroatoms. The summed E-state index contributed by atoms with van der Waals surface area (Å²) in [6.07, 6.45) is 3.57. The van der Waals surface area contributed by atoms with Crippen molar-refractivity contribution >= 4 is 0 Å². The van der Waals surface area contributed by atoms with E-state index in [0.29, 0.717) is 11.6 Å². The minimum atomic E-state index is 0.617. The molecule has 15 heavy (non-hydrogen) atoms. The highest BCUT2D eigenvalue weighted by molar-refractivity contribution is 5.55. The topological polar surface area (TPSA) is 61.0 Å². The summed E-state index contributed by atoms with van der Waals surface area (Å²) >= 11 is 0. The molecule has 0 saturated heterocycles. The van der Waals surface area contributed by atoms with Crippen molar-refractivity contribution in [1.82, 2.24) is 9.97 Å². The van der Waals surface area contributed by atoms with E-state index < -0.39 is 0 Å². The van der Waals surface area contributed by atoms with Gasteiger partial charge in [-0.1, -0.05) is 0 Å². The molecule has 0 unspecified atom stereocenters. The van der Waals surface area contributed by atoms with Gasteiger partial charge in [-0.2, -0.15) is 5.90 Å². The molecule has 4 nitrogen and oxygen atoms in total. The Bertz CT molecular complexity index is 436. The quantitative estimate of drug-likeness (QED) is 0.751. The third-order valence-electron chi connectivity index (χ3n) is 2.03. The molecular weight excluding hydrogens is 190 g/mol. The van der Waals surface area contributed by atoms with Gasteiger partial charge in [-0.3, -0.25) is 0 Å². The van der Waals surface area contributed by atoms with E-state index in [9.17, 15) is 0 Å². The minimum Gasteiger partial charge on any atom is -0.412 e. The van der Waals surface area contributed by atoms with Gasteiger partial charge < -0.3 is 4.84 Å². The van der Waals surface area contributed by atoms with Crippen LogP contribution in [0.2, 0.25) is 0 Å². The first-order valence-electron chi connectivity index (χ1n) is 4.55. The van der Waals surface area contributed by atoms with Crippen LogP contribution < -0.4 is 10.7 Å². The Morgan fingerprint density at radius 2 is 1.67 bits per heavy atom. The van der Waals surface area contributed by atoms with Crippen molar-refractivity contribution in [3.63, 3.8) is 0 Å². The highest BCUT2D eigenvalue weighted by Crippen LogP contribution is 2.18. The molecule has 0 aliphatic rings. The first-order valence-corrected chi connectivity index (χ1v) is 4.55. The van der Waals surface area contributed by atoms with Crippen molar-refractivity contribution in [2.45, 2.75) is 6.92 Å². The van der Waals surface area contributed by atoms with Gasteiger partial charge in [0, 0.05) is 18.0 Å². The van der Waals surface area contributed by atoms with E-state index in [1.54, 1.807) is 24.5 Å². The first kappa shape index (κ1) is 9.61. The lowest BCUT2D eigenvalue weighted by Gasteiger charge is -2.01. The Kier molecular flexibility index (Phi) is 2.60. The van der Waals surface area contributed by atoms with E-state index in [4.69, 9.17) is 5.90 Å². The molecule has 0 bridgehead atoms. The average Bonchev–Trinajstić information content (AvgIpc) is 2.30. The van der Waals surface area contributed by atoms with E-state index in [2.05, 4.69) is 14.8 Å². The lowest BCUT2D eigenvalue weighted by Crippen LogP contribution is -2.01. The van der Waals surface area contributed by atoms with Crippen LogP contribution in [-0.2, 0) is 0 Å². The van der Waals surface area contributed by atoms with Gasteiger partial charge in [0.2, 0.25) is 0 Å². The Labute approximate surface area is 87.7 Å². The van der Waals surface area contributed by atoms with Crippen molar-refractivity contribution in [2.75, 3.05) is 0 Å². The maximum absolute atomic E-state index is 5.03. The molecule has 2 N–H and O–H groups in total. The number of benzene rings is 1. The fourth-order valence-corrected chi connectivity index (χ4v) is 1.22. The molecule has 76 valence electrons. The first-order chi connectivity index (χ1) is 7.29. The Morgan fingerprint density at radius 3 is 2.20 bits per heavy atom. The number of nitrogens with zero attached hydrogens (tertiary/aromatic N) is 2. The van der Waals surface area contributed by atoms with Gasteiger partial charge in [0.1, 0.15) is 5.75 Å². The van der Waals surface area contributed by atoms with Crippen molar-refractivity contribution < 1.29 is 4.84 Å². The number of aryl methyl sites for hydroxylation is 1. The zero-order valence-corrected chi connectivity index (χ0v) is 8.34. The maximum Gasteiger partial charge on any atom is 0.159 e. The van der Waals surface area contributed by atoms with Gasteiger partial charge in [0.15, 0.2) is 5.82 Å². The molecule has 0 fully saturated rings. The molecule has 1 aromatic heterocycles. The fraction of sp³-hybridized carbons (Fsp3) is 0.0909.